The molecular weight excluding hydrogens is 600 g/mol. The van der Waals surface area contributed by atoms with E-state index >= 15 is 0 Å². The fourth-order valence-corrected chi connectivity index (χ4v) is 4.82. The second-order valence-corrected chi connectivity index (χ2v) is 11.2. The Kier molecular flexibility index (Phi) is 13.8. The van der Waals surface area contributed by atoms with Gasteiger partial charge in [0.2, 0.25) is 0 Å². The van der Waals surface area contributed by atoms with Crippen LogP contribution in [-0.4, -0.2) is 78.5 Å². The Morgan fingerprint density at radius 3 is 2.53 bits per heavy atom. The number of carbonyl (C=O) groups is 3. The molecule has 1 aromatic heterocycles. The molecule has 47 heavy (non-hydrogen) atoms. The van der Waals surface area contributed by atoms with Crippen LogP contribution in [-0.2, 0) is 14.3 Å². The highest BCUT2D eigenvalue weighted by atomic mass is 16.5. The van der Waals surface area contributed by atoms with Crippen LogP contribution < -0.4 is 20.5 Å². The molecule has 0 unspecified atom stereocenters. The summed E-state index contributed by atoms with van der Waals surface area (Å²) in [6.07, 6.45) is 6.95. The van der Waals surface area contributed by atoms with E-state index in [1.165, 1.54) is 4.90 Å². The summed E-state index contributed by atoms with van der Waals surface area (Å²) in [7, 11) is 3.25. The number of unbranched alkanes of at least 4 members (excludes halogenated alkanes) is 2. The molecule has 2 aromatic carbocycles. The Morgan fingerprint density at radius 2 is 1.91 bits per heavy atom. The van der Waals surface area contributed by atoms with Crippen LogP contribution in [0.15, 0.2) is 79.9 Å². The molecule has 3 atom stereocenters. The van der Waals surface area contributed by atoms with E-state index in [-0.39, 0.29) is 24.9 Å². The van der Waals surface area contributed by atoms with Crippen molar-refractivity contribution in [2.75, 3.05) is 33.9 Å². The summed E-state index contributed by atoms with van der Waals surface area (Å²) in [6, 6.07) is 15.6. The summed E-state index contributed by atoms with van der Waals surface area (Å²) in [6.45, 7) is 10.1. The number of esters is 1. The van der Waals surface area contributed by atoms with Crippen LogP contribution in [0.4, 0.5) is 4.79 Å². The van der Waals surface area contributed by atoms with E-state index in [9.17, 15) is 19.5 Å². The van der Waals surface area contributed by atoms with E-state index in [0.29, 0.717) is 36.6 Å². The molecule has 4 N–H and O–H groups in total. The van der Waals surface area contributed by atoms with Gasteiger partial charge in [-0.15, -0.1) is 13.2 Å². The monoisotopic (exact) mass is 646 g/mol. The SMILES string of the molecule is C=CCCCCN(C)C(=O)N[C@@H](CCOc1cc(-c2ccccc2)nc2cc(OC)ccc12)C(=O)O.C=C[C@@H]1C[C@]1(N)C(=O)OCC. The van der Waals surface area contributed by atoms with Crippen LogP contribution in [0.1, 0.15) is 39.0 Å². The minimum Gasteiger partial charge on any atom is -0.497 e. The largest absolute Gasteiger partial charge is 0.497 e. The van der Waals surface area contributed by atoms with Gasteiger partial charge in [0.05, 0.1) is 31.5 Å². The van der Waals surface area contributed by atoms with Crippen LogP contribution in [0.5, 0.6) is 11.5 Å². The number of nitrogens with two attached hydrogens (primary N) is 1. The number of carboxylic acid groups (broad SMARTS) is 1. The van der Waals surface area contributed by atoms with Crippen LogP contribution in [0.2, 0.25) is 0 Å². The van der Waals surface area contributed by atoms with Crippen molar-refractivity contribution >= 4 is 28.9 Å². The van der Waals surface area contributed by atoms with E-state index in [4.69, 9.17) is 24.9 Å². The summed E-state index contributed by atoms with van der Waals surface area (Å²) in [5.41, 5.74) is 7.29. The number of benzene rings is 2. The highest BCUT2D eigenvalue weighted by Crippen LogP contribution is 2.42. The van der Waals surface area contributed by atoms with Crippen LogP contribution in [0.3, 0.4) is 0 Å². The molecule has 1 aliphatic rings. The first-order chi connectivity index (χ1) is 22.6. The number of pyridine rings is 1. The van der Waals surface area contributed by atoms with Crippen LogP contribution in [0, 0.1) is 5.92 Å². The lowest BCUT2D eigenvalue weighted by Crippen LogP contribution is -2.47. The third-order valence-corrected chi connectivity index (χ3v) is 7.81. The van der Waals surface area contributed by atoms with E-state index in [2.05, 4.69) is 18.5 Å². The first kappa shape index (κ1) is 36.6. The number of carbonyl (C=O) groups excluding carboxylic acids is 2. The van der Waals surface area contributed by atoms with E-state index < -0.39 is 23.6 Å². The van der Waals surface area contributed by atoms with Gasteiger partial charge in [-0.25, -0.2) is 14.6 Å². The molecule has 0 radical (unpaired) electrons. The van der Waals surface area contributed by atoms with E-state index in [1.807, 2.05) is 60.7 Å². The Hall–Kier alpha value is -4.90. The first-order valence-corrected chi connectivity index (χ1v) is 15.7. The topological polar surface area (TPSA) is 153 Å². The van der Waals surface area contributed by atoms with Crippen molar-refractivity contribution in [3.8, 4) is 22.8 Å². The average Bonchev–Trinajstić information content (AvgIpc) is 3.77. The zero-order valence-electron chi connectivity index (χ0n) is 27.4. The van der Waals surface area contributed by atoms with Gasteiger partial charge in [-0.2, -0.15) is 0 Å². The number of aliphatic carboxylic acids is 1. The molecule has 2 amide bonds. The normalized spacial score (nSPS) is 16.9. The summed E-state index contributed by atoms with van der Waals surface area (Å²) in [5, 5.41) is 13.0. The van der Waals surface area contributed by atoms with Gasteiger partial charge >= 0.3 is 18.0 Å². The molecule has 3 aromatic rings. The van der Waals surface area contributed by atoms with Crippen molar-refractivity contribution in [1.29, 1.82) is 0 Å². The molecule has 0 spiro atoms. The maximum atomic E-state index is 12.5. The minimum absolute atomic E-state index is 0.0969. The van der Waals surface area contributed by atoms with Crippen molar-refractivity contribution in [2.24, 2.45) is 11.7 Å². The Bertz CT molecular complexity index is 1530. The maximum absolute atomic E-state index is 12.5. The first-order valence-electron chi connectivity index (χ1n) is 15.7. The highest BCUT2D eigenvalue weighted by Gasteiger charge is 2.56. The molecule has 0 aliphatic heterocycles. The quantitative estimate of drug-likeness (QED) is 0.103. The summed E-state index contributed by atoms with van der Waals surface area (Å²) < 4.78 is 16.2. The molecule has 4 rings (SSSR count). The standard InChI is InChI=1S/C28H33N3O5.C8H13NO2/c1-4-5-6-10-16-31(2)28(34)30-23(27(32)33)15-17-36-26-19-24(20-11-8-7-9-12-20)29-25-18-21(35-3)13-14-22(25)26;1-3-6-5-8(6,9)7(10)11-4-2/h4,7-9,11-14,18-19,23H,1,5-6,10,15-17H2,2-3H3,(H,30,34)(H,32,33);3,6H,1,4-5,9H2,2H3/t23-;6-,8-/m01/s1. The van der Waals surface area contributed by atoms with Gasteiger partial charge in [-0.3, -0.25) is 4.79 Å². The van der Waals surface area contributed by atoms with Gasteiger partial charge < -0.3 is 35.3 Å². The maximum Gasteiger partial charge on any atom is 0.326 e. The Labute approximate surface area is 276 Å². The lowest BCUT2D eigenvalue weighted by atomic mass is 10.1. The van der Waals surface area contributed by atoms with E-state index in [0.717, 1.165) is 35.9 Å². The van der Waals surface area contributed by atoms with E-state index in [1.54, 1.807) is 27.2 Å². The number of rotatable bonds is 16. The summed E-state index contributed by atoms with van der Waals surface area (Å²) >= 11 is 0. The fraction of sp³-hybridized carbons (Fsp3) is 0.389. The minimum atomic E-state index is -1.11. The molecule has 1 heterocycles. The number of allylic oxidation sites excluding steroid dienone is 1. The van der Waals surface area contributed by atoms with Crippen molar-refractivity contribution in [3.63, 3.8) is 0 Å². The van der Waals surface area contributed by atoms with Crippen molar-refractivity contribution in [1.82, 2.24) is 15.2 Å². The number of aromatic nitrogens is 1. The van der Waals surface area contributed by atoms with Crippen molar-refractivity contribution in [2.45, 2.75) is 50.6 Å². The second kappa shape index (κ2) is 17.7. The lowest BCUT2D eigenvalue weighted by Gasteiger charge is -2.21. The smallest absolute Gasteiger partial charge is 0.326 e. The molecule has 0 saturated heterocycles. The zero-order valence-corrected chi connectivity index (χ0v) is 27.4. The van der Waals surface area contributed by atoms with Gasteiger partial charge in [-0.1, -0.05) is 42.5 Å². The summed E-state index contributed by atoms with van der Waals surface area (Å²) in [5.74, 6) is -0.0440. The number of hydrogen-bond donors (Lipinski definition) is 3. The van der Waals surface area contributed by atoms with Crippen molar-refractivity contribution in [3.05, 3.63) is 79.9 Å². The second-order valence-electron chi connectivity index (χ2n) is 11.2. The Balaban J connectivity index is 0.000000461. The number of methoxy groups -OCH3 is 1. The predicted octanol–water partition coefficient (Wildman–Crippen LogP) is 5.58. The van der Waals surface area contributed by atoms with Crippen LogP contribution >= 0.6 is 0 Å². The molecule has 0 bridgehead atoms. The molecule has 1 fully saturated rings. The number of hydrogen-bond acceptors (Lipinski definition) is 8. The van der Waals surface area contributed by atoms with Gasteiger partial charge in [0.15, 0.2) is 0 Å². The predicted molar refractivity (Wildman–Crippen MR) is 182 cm³/mol. The molecule has 1 saturated carbocycles. The lowest BCUT2D eigenvalue weighted by molar-refractivity contribution is -0.146. The third-order valence-electron chi connectivity index (χ3n) is 7.81. The van der Waals surface area contributed by atoms with Crippen molar-refractivity contribution < 1.29 is 33.7 Å². The fourth-order valence-electron chi connectivity index (χ4n) is 4.82. The highest BCUT2D eigenvalue weighted by molar-refractivity contribution is 5.89. The molecule has 252 valence electrons. The van der Waals surface area contributed by atoms with Gasteiger partial charge in [0.1, 0.15) is 23.1 Å². The number of carboxylic acids is 1. The number of nitrogens with zero attached hydrogens (tertiary/aromatic N) is 2. The Morgan fingerprint density at radius 1 is 1.17 bits per heavy atom. The molecular formula is C36H46N4O7. The van der Waals surface area contributed by atoms with Gasteiger partial charge in [0, 0.05) is 49.0 Å². The average molecular weight is 647 g/mol. The number of urea groups is 1. The number of fused-ring (bicyclic) bond motifs is 1. The number of nitrogens with one attached hydrogen (secondary N) is 1. The molecule has 1 aliphatic carbocycles. The number of amides is 2. The van der Waals surface area contributed by atoms with Gasteiger partial charge in [-0.05, 0) is 44.7 Å². The number of ether oxygens (including phenoxy) is 3. The summed E-state index contributed by atoms with van der Waals surface area (Å²) in [4.78, 5) is 41.6. The third kappa shape index (κ3) is 10.3. The molecule has 11 nitrogen and oxygen atoms in total. The molecule has 11 heteroatoms. The zero-order chi connectivity index (χ0) is 34.4. The van der Waals surface area contributed by atoms with Crippen LogP contribution in [0.25, 0.3) is 22.2 Å². The van der Waals surface area contributed by atoms with Gasteiger partial charge in [0.25, 0.3) is 0 Å².